The molecule has 146 valence electrons. The van der Waals surface area contributed by atoms with Gasteiger partial charge in [-0.25, -0.2) is 0 Å². The van der Waals surface area contributed by atoms with E-state index in [0.717, 1.165) is 5.56 Å². The number of carbonyl (C=O) groups excluding carboxylic acids is 1. The van der Waals surface area contributed by atoms with E-state index in [1.807, 2.05) is 30.3 Å². The van der Waals surface area contributed by atoms with Crippen LogP contribution < -0.4 is 14.8 Å². The normalized spacial score (nSPS) is 10.5. The minimum atomic E-state index is -0.181. The first kappa shape index (κ1) is 20.0. The Morgan fingerprint density at radius 2 is 2.07 bits per heavy atom. The van der Waals surface area contributed by atoms with Gasteiger partial charge in [0, 0.05) is 16.8 Å². The highest BCUT2D eigenvalue weighted by Crippen LogP contribution is 2.31. The second-order valence-electron chi connectivity index (χ2n) is 5.74. The predicted molar refractivity (Wildman–Crippen MR) is 111 cm³/mol. The van der Waals surface area contributed by atoms with Crippen LogP contribution >= 0.6 is 23.4 Å². The number of ether oxygens (including phenoxy) is 2. The highest BCUT2D eigenvalue weighted by molar-refractivity contribution is 7.99. The SMILES string of the molecule is COc1ccc(-c2nc(NC(=O)CSCc3cccc(Cl)c3)n[nH]2)c(OC)c1. The lowest BCUT2D eigenvalue weighted by atomic mass is 10.2. The van der Waals surface area contributed by atoms with Gasteiger partial charge in [0.15, 0.2) is 5.82 Å². The van der Waals surface area contributed by atoms with Crippen LogP contribution in [0.25, 0.3) is 11.4 Å². The lowest BCUT2D eigenvalue weighted by molar-refractivity contribution is -0.113. The van der Waals surface area contributed by atoms with Gasteiger partial charge in [-0.2, -0.15) is 4.98 Å². The Morgan fingerprint density at radius 3 is 2.82 bits per heavy atom. The summed E-state index contributed by atoms with van der Waals surface area (Å²) in [7, 11) is 3.15. The highest BCUT2D eigenvalue weighted by Gasteiger charge is 2.13. The lowest BCUT2D eigenvalue weighted by Gasteiger charge is -2.07. The summed E-state index contributed by atoms with van der Waals surface area (Å²) in [6.07, 6.45) is 0. The van der Waals surface area contributed by atoms with Gasteiger partial charge in [-0.1, -0.05) is 23.7 Å². The van der Waals surface area contributed by atoms with Crippen molar-refractivity contribution in [2.24, 2.45) is 0 Å². The Balaban J connectivity index is 1.57. The minimum absolute atomic E-state index is 0.181. The van der Waals surface area contributed by atoms with Crippen molar-refractivity contribution < 1.29 is 14.3 Å². The first-order chi connectivity index (χ1) is 13.6. The summed E-state index contributed by atoms with van der Waals surface area (Å²) >= 11 is 7.45. The maximum Gasteiger partial charge on any atom is 0.249 e. The Hall–Kier alpha value is -2.71. The van der Waals surface area contributed by atoms with Crippen LogP contribution in [0.5, 0.6) is 11.5 Å². The molecule has 9 heteroatoms. The van der Waals surface area contributed by atoms with Crippen molar-refractivity contribution in [3.05, 3.63) is 53.1 Å². The number of aromatic amines is 1. The number of aromatic nitrogens is 3. The monoisotopic (exact) mass is 418 g/mol. The number of halogens is 1. The van der Waals surface area contributed by atoms with E-state index >= 15 is 0 Å². The van der Waals surface area contributed by atoms with Crippen molar-refractivity contribution in [1.82, 2.24) is 15.2 Å². The summed E-state index contributed by atoms with van der Waals surface area (Å²) in [5.74, 6) is 2.75. The van der Waals surface area contributed by atoms with E-state index in [-0.39, 0.29) is 17.6 Å². The molecule has 28 heavy (non-hydrogen) atoms. The van der Waals surface area contributed by atoms with Gasteiger partial charge in [-0.3, -0.25) is 15.2 Å². The van der Waals surface area contributed by atoms with E-state index in [1.54, 1.807) is 26.4 Å². The number of nitrogens with one attached hydrogen (secondary N) is 2. The summed E-state index contributed by atoms with van der Waals surface area (Å²) < 4.78 is 10.6. The molecule has 3 rings (SSSR count). The molecule has 0 aliphatic heterocycles. The summed E-state index contributed by atoms with van der Waals surface area (Å²) in [5.41, 5.74) is 1.78. The topological polar surface area (TPSA) is 89.1 Å². The number of carbonyl (C=O) groups is 1. The van der Waals surface area contributed by atoms with Crippen LogP contribution in [-0.2, 0) is 10.5 Å². The standard InChI is InChI=1S/C19H19ClN4O3S/c1-26-14-6-7-15(16(9-14)27-2)18-22-19(24-23-18)21-17(25)11-28-10-12-4-3-5-13(20)8-12/h3-9H,10-11H2,1-2H3,(H2,21,22,23,24,25). The zero-order valence-electron chi connectivity index (χ0n) is 15.4. The van der Waals surface area contributed by atoms with Crippen molar-refractivity contribution >= 4 is 35.2 Å². The molecule has 1 amide bonds. The van der Waals surface area contributed by atoms with Gasteiger partial charge in [-0.15, -0.1) is 16.9 Å². The number of benzene rings is 2. The minimum Gasteiger partial charge on any atom is -0.497 e. The predicted octanol–water partition coefficient (Wildman–Crippen LogP) is 4.01. The van der Waals surface area contributed by atoms with E-state index < -0.39 is 0 Å². The number of hydrogen-bond acceptors (Lipinski definition) is 6. The Labute approximate surface area is 171 Å². The Kier molecular flexibility index (Phi) is 6.78. The van der Waals surface area contributed by atoms with Gasteiger partial charge < -0.3 is 9.47 Å². The number of methoxy groups -OCH3 is 2. The summed E-state index contributed by atoms with van der Waals surface area (Å²) in [6, 6.07) is 12.9. The third-order valence-corrected chi connectivity index (χ3v) is 5.03. The van der Waals surface area contributed by atoms with Crippen LogP contribution in [0.15, 0.2) is 42.5 Å². The number of nitrogens with zero attached hydrogens (tertiary/aromatic N) is 2. The molecule has 0 atom stereocenters. The molecule has 0 unspecified atom stereocenters. The fourth-order valence-electron chi connectivity index (χ4n) is 2.48. The average molecular weight is 419 g/mol. The molecule has 0 spiro atoms. The summed E-state index contributed by atoms with van der Waals surface area (Å²) in [5, 5.41) is 10.2. The number of rotatable bonds is 8. The zero-order chi connectivity index (χ0) is 19.9. The van der Waals surface area contributed by atoms with Gasteiger partial charge in [0.2, 0.25) is 11.9 Å². The van der Waals surface area contributed by atoms with Crippen LogP contribution in [-0.4, -0.2) is 41.1 Å². The lowest BCUT2D eigenvalue weighted by Crippen LogP contribution is -2.15. The molecule has 1 aromatic heterocycles. The molecule has 0 bridgehead atoms. The van der Waals surface area contributed by atoms with Crippen LogP contribution in [0.3, 0.4) is 0 Å². The molecule has 0 aliphatic rings. The number of amides is 1. The number of thioether (sulfide) groups is 1. The van der Waals surface area contributed by atoms with E-state index in [2.05, 4.69) is 20.5 Å². The quantitative estimate of drug-likeness (QED) is 0.574. The first-order valence-corrected chi connectivity index (χ1v) is 9.89. The molecule has 0 aliphatic carbocycles. The maximum absolute atomic E-state index is 12.1. The summed E-state index contributed by atoms with van der Waals surface area (Å²) in [4.78, 5) is 16.4. The van der Waals surface area contributed by atoms with Gasteiger partial charge >= 0.3 is 0 Å². The zero-order valence-corrected chi connectivity index (χ0v) is 16.9. The van der Waals surface area contributed by atoms with E-state index in [9.17, 15) is 4.79 Å². The van der Waals surface area contributed by atoms with Gasteiger partial charge in [0.05, 0.1) is 25.5 Å². The molecule has 0 radical (unpaired) electrons. The number of H-pyrrole nitrogens is 1. The fraction of sp³-hybridized carbons (Fsp3) is 0.211. The molecule has 0 saturated heterocycles. The Morgan fingerprint density at radius 1 is 1.21 bits per heavy atom. The molecule has 3 aromatic rings. The average Bonchev–Trinajstić information content (AvgIpc) is 3.15. The number of anilines is 1. The molecule has 0 fully saturated rings. The van der Waals surface area contributed by atoms with Gasteiger partial charge in [0.1, 0.15) is 11.5 Å². The first-order valence-electron chi connectivity index (χ1n) is 8.36. The highest BCUT2D eigenvalue weighted by atomic mass is 35.5. The second kappa shape index (κ2) is 9.48. The fourth-order valence-corrected chi connectivity index (χ4v) is 3.47. The smallest absolute Gasteiger partial charge is 0.249 e. The molecular weight excluding hydrogens is 400 g/mol. The molecule has 2 N–H and O–H groups in total. The third-order valence-electron chi connectivity index (χ3n) is 3.79. The molecule has 7 nitrogen and oxygen atoms in total. The van der Waals surface area contributed by atoms with Crippen LogP contribution in [0, 0.1) is 0 Å². The van der Waals surface area contributed by atoms with Crippen molar-refractivity contribution in [3.8, 4) is 22.9 Å². The van der Waals surface area contributed by atoms with Gasteiger partial charge in [-0.05, 0) is 29.8 Å². The van der Waals surface area contributed by atoms with Crippen molar-refractivity contribution in [2.75, 3.05) is 25.3 Å². The molecule has 0 saturated carbocycles. The molecule has 1 heterocycles. The van der Waals surface area contributed by atoms with E-state index in [1.165, 1.54) is 11.8 Å². The largest absolute Gasteiger partial charge is 0.497 e. The summed E-state index contributed by atoms with van der Waals surface area (Å²) in [6.45, 7) is 0. The second-order valence-corrected chi connectivity index (χ2v) is 7.17. The molecular formula is C19H19ClN4O3S. The third kappa shape index (κ3) is 5.17. The Bertz CT molecular complexity index is 964. The van der Waals surface area contributed by atoms with E-state index in [4.69, 9.17) is 21.1 Å². The van der Waals surface area contributed by atoms with Crippen LogP contribution in [0.1, 0.15) is 5.56 Å². The van der Waals surface area contributed by atoms with Crippen LogP contribution in [0.4, 0.5) is 5.95 Å². The van der Waals surface area contributed by atoms with Crippen molar-refractivity contribution in [3.63, 3.8) is 0 Å². The van der Waals surface area contributed by atoms with Gasteiger partial charge in [0.25, 0.3) is 0 Å². The van der Waals surface area contributed by atoms with Crippen molar-refractivity contribution in [2.45, 2.75) is 5.75 Å². The number of hydrogen-bond donors (Lipinski definition) is 2. The maximum atomic E-state index is 12.1. The van der Waals surface area contributed by atoms with E-state index in [0.29, 0.717) is 33.7 Å². The molecule has 2 aromatic carbocycles. The van der Waals surface area contributed by atoms with Crippen molar-refractivity contribution in [1.29, 1.82) is 0 Å². The van der Waals surface area contributed by atoms with Crippen LogP contribution in [0.2, 0.25) is 5.02 Å².